The van der Waals surface area contributed by atoms with Crippen LogP contribution in [0.4, 0.5) is 0 Å². The number of rotatable bonds is 5. The Bertz CT molecular complexity index is 307. The fourth-order valence-corrected chi connectivity index (χ4v) is 3.57. The quantitative estimate of drug-likeness (QED) is 0.572. The van der Waals surface area contributed by atoms with Gasteiger partial charge < -0.3 is 4.90 Å². The predicted octanol–water partition coefficient (Wildman–Crippen LogP) is 2.73. The lowest BCUT2D eigenvalue weighted by Gasteiger charge is -2.05. The van der Waals surface area contributed by atoms with E-state index in [2.05, 4.69) is 11.8 Å². The molecule has 0 aliphatic rings. The second-order valence-corrected chi connectivity index (χ2v) is 5.91. The molecule has 1 rings (SSSR count). The average molecular weight is 229 g/mol. The topological polar surface area (TPSA) is 20.3 Å². The first kappa shape index (κ1) is 11.8. The maximum Gasteiger partial charge on any atom is 0.152 e. The molecule has 2 nitrogen and oxygen atoms in total. The summed E-state index contributed by atoms with van der Waals surface area (Å²) in [6.45, 7) is 3.01. The molecule has 0 aliphatic carbocycles. The standard InChI is InChI=1S/C10H15NOS2/c1-4-13-10-8(7-12)5-9(14-10)6-11(2)3/h5,7H,4,6H2,1-3H3. The monoisotopic (exact) mass is 229 g/mol. The molecule has 14 heavy (non-hydrogen) atoms. The van der Waals surface area contributed by atoms with Gasteiger partial charge in [-0.15, -0.1) is 23.1 Å². The van der Waals surface area contributed by atoms with E-state index < -0.39 is 0 Å². The highest BCUT2D eigenvalue weighted by Gasteiger charge is 2.08. The van der Waals surface area contributed by atoms with Crippen molar-refractivity contribution in [1.82, 2.24) is 4.90 Å². The fraction of sp³-hybridized carbons (Fsp3) is 0.500. The van der Waals surface area contributed by atoms with Gasteiger partial charge in [0.1, 0.15) is 0 Å². The Morgan fingerprint density at radius 1 is 1.57 bits per heavy atom. The molecule has 0 amide bonds. The molecule has 78 valence electrons. The van der Waals surface area contributed by atoms with Crippen molar-refractivity contribution in [2.24, 2.45) is 0 Å². The first-order valence-corrected chi connectivity index (χ1v) is 6.33. The molecule has 0 radical (unpaired) electrons. The van der Waals surface area contributed by atoms with Gasteiger partial charge in [-0.25, -0.2) is 0 Å². The van der Waals surface area contributed by atoms with E-state index in [4.69, 9.17) is 0 Å². The summed E-state index contributed by atoms with van der Waals surface area (Å²) in [6, 6.07) is 2.00. The van der Waals surface area contributed by atoms with Crippen molar-refractivity contribution in [3.05, 3.63) is 16.5 Å². The molecule has 0 spiro atoms. The van der Waals surface area contributed by atoms with Crippen LogP contribution < -0.4 is 0 Å². The van der Waals surface area contributed by atoms with E-state index in [9.17, 15) is 4.79 Å². The second-order valence-electron chi connectivity index (χ2n) is 3.24. The molecule has 0 bridgehead atoms. The van der Waals surface area contributed by atoms with Crippen LogP contribution in [-0.4, -0.2) is 31.0 Å². The van der Waals surface area contributed by atoms with Gasteiger partial charge in [-0.3, -0.25) is 4.79 Å². The Hall–Kier alpha value is -0.320. The molecule has 0 fully saturated rings. The van der Waals surface area contributed by atoms with Crippen molar-refractivity contribution < 1.29 is 4.79 Å². The Kier molecular flexibility index (Phi) is 4.65. The Labute approximate surface area is 93.3 Å². The van der Waals surface area contributed by atoms with Gasteiger partial charge in [0.05, 0.1) is 4.21 Å². The van der Waals surface area contributed by atoms with Crippen molar-refractivity contribution in [1.29, 1.82) is 0 Å². The van der Waals surface area contributed by atoms with E-state index in [0.717, 1.165) is 28.4 Å². The fourth-order valence-electron chi connectivity index (χ4n) is 1.16. The normalized spacial score (nSPS) is 10.9. The minimum atomic E-state index is 0.846. The highest BCUT2D eigenvalue weighted by Crippen LogP contribution is 2.31. The minimum Gasteiger partial charge on any atom is -0.304 e. The number of thiophene rings is 1. The van der Waals surface area contributed by atoms with E-state index in [1.165, 1.54) is 4.88 Å². The molecule has 4 heteroatoms. The van der Waals surface area contributed by atoms with Gasteiger partial charge in [0.2, 0.25) is 0 Å². The number of hydrogen-bond donors (Lipinski definition) is 0. The molecule has 0 saturated carbocycles. The molecular formula is C10H15NOS2. The summed E-state index contributed by atoms with van der Waals surface area (Å²) < 4.78 is 1.15. The number of carbonyl (C=O) groups is 1. The van der Waals surface area contributed by atoms with Crippen LogP contribution in [-0.2, 0) is 6.54 Å². The van der Waals surface area contributed by atoms with Crippen LogP contribution in [0.5, 0.6) is 0 Å². The van der Waals surface area contributed by atoms with Crippen LogP contribution in [0.25, 0.3) is 0 Å². The van der Waals surface area contributed by atoms with Crippen LogP contribution >= 0.6 is 23.1 Å². The summed E-state index contributed by atoms with van der Waals surface area (Å²) in [5, 5.41) is 0. The van der Waals surface area contributed by atoms with Crippen molar-refractivity contribution in [3.63, 3.8) is 0 Å². The molecule has 0 saturated heterocycles. The van der Waals surface area contributed by atoms with E-state index in [-0.39, 0.29) is 0 Å². The van der Waals surface area contributed by atoms with Crippen LogP contribution in [0.15, 0.2) is 10.3 Å². The van der Waals surface area contributed by atoms with E-state index in [0.29, 0.717) is 0 Å². The third kappa shape index (κ3) is 3.12. The lowest BCUT2D eigenvalue weighted by Crippen LogP contribution is -2.09. The maximum absolute atomic E-state index is 10.8. The average Bonchev–Trinajstić information content (AvgIpc) is 2.47. The van der Waals surface area contributed by atoms with E-state index >= 15 is 0 Å². The molecule has 1 heterocycles. The number of thioether (sulfide) groups is 1. The summed E-state index contributed by atoms with van der Waals surface area (Å²) in [6.07, 6.45) is 0.952. The van der Waals surface area contributed by atoms with E-state index in [1.54, 1.807) is 23.1 Å². The third-order valence-corrected chi connectivity index (χ3v) is 3.97. The van der Waals surface area contributed by atoms with Crippen LogP contribution in [0.2, 0.25) is 0 Å². The van der Waals surface area contributed by atoms with Crippen LogP contribution in [0.3, 0.4) is 0 Å². The zero-order valence-corrected chi connectivity index (χ0v) is 10.4. The van der Waals surface area contributed by atoms with Crippen molar-refractivity contribution in [2.45, 2.75) is 17.7 Å². The van der Waals surface area contributed by atoms with Crippen molar-refractivity contribution >= 4 is 29.4 Å². The van der Waals surface area contributed by atoms with Gasteiger partial charge >= 0.3 is 0 Å². The Morgan fingerprint density at radius 2 is 2.29 bits per heavy atom. The first-order chi connectivity index (χ1) is 6.67. The zero-order chi connectivity index (χ0) is 10.6. The van der Waals surface area contributed by atoms with Crippen molar-refractivity contribution in [3.8, 4) is 0 Å². The number of nitrogens with zero attached hydrogens (tertiary/aromatic N) is 1. The smallest absolute Gasteiger partial charge is 0.152 e. The molecule has 0 aliphatic heterocycles. The molecule has 0 unspecified atom stereocenters. The number of hydrogen-bond acceptors (Lipinski definition) is 4. The van der Waals surface area contributed by atoms with Crippen LogP contribution in [0, 0.1) is 0 Å². The van der Waals surface area contributed by atoms with Gasteiger partial charge in [0.15, 0.2) is 6.29 Å². The van der Waals surface area contributed by atoms with Gasteiger partial charge in [0, 0.05) is 17.0 Å². The highest BCUT2D eigenvalue weighted by molar-refractivity contribution is 8.01. The molecular weight excluding hydrogens is 214 g/mol. The summed E-state index contributed by atoms with van der Waals surface area (Å²) in [5.74, 6) is 1.02. The van der Waals surface area contributed by atoms with Gasteiger partial charge in [-0.05, 0) is 25.9 Å². The number of carbonyl (C=O) groups excluding carboxylic acids is 1. The number of aldehydes is 1. The molecule has 0 atom stereocenters. The maximum atomic E-state index is 10.8. The molecule has 1 aromatic heterocycles. The highest BCUT2D eigenvalue weighted by atomic mass is 32.2. The van der Waals surface area contributed by atoms with Crippen molar-refractivity contribution in [2.75, 3.05) is 19.8 Å². The second kappa shape index (κ2) is 5.53. The predicted molar refractivity (Wildman–Crippen MR) is 63.5 cm³/mol. The van der Waals surface area contributed by atoms with Crippen LogP contribution in [0.1, 0.15) is 22.2 Å². The molecule has 1 aromatic rings. The lowest BCUT2D eigenvalue weighted by atomic mass is 10.3. The zero-order valence-electron chi connectivity index (χ0n) is 8.74. The summed E-state index contributed by atoms with van der Waals surface area (Å²) >= 11 is 3.47. The van der Waals surface area contributed by atoms with E-state index in [1.807, 2.05) is 20.2 Å². The first-order valence-electron chi connectivity index (χ1n) is 4.52. The summed E-state index contributed by atoms with van der Waals surface area (Å²) in [7, 11) is 4.07. The van der Waals surface area contributed by atoms with Gasteiger partial charge in [-0.1, -0.05) is 6.92 Å². The summed E-state index contributed by atoms with van der Waals surface area (Å²) in [4.78, 5) is 14.2. The largest absolute Gasteiger partial charge is 0.304 e. The third-order valence-electron chi connectivity index (χ3n) is 1.65. The SMILES string of the molecule is CCSc1sc(CN(C)C)cc1C=O. The Morgan fingerprint density at radius 3 is 2.79 bits per heavy atom. The Balaban J connectivity index is 2.83. The molecule has 0 N–H and O–H groups in total. The molecule has 0 aromatic carbocycles. The van der Waals surface area contributed by atoms with Gasteiger partial charge in [-0.2, -0.15) is 0 Å². The minimum absolute atomic E-state index is 0.846. The lowest BCUT2D eigenvalue weighted by molar-refractivity contribution is 0.112. The van der Waals surface area contributed by atoms with Gasteiger partial charge in [0.25, 0.3) is 0 Å². The summed E-state index contributed by atoms with van der Waals surface area (Å²) in [5.41, 5.74) is 0.846.